The van der Waals surface area contributed by atoms with Gasteiger partial charge < -0.3 is 0 Å². The minimum absolute atomic E-state index is 0.251. The quantitative estimate of drug-likeness (QED) is 0.393. The first-order chi connectivity index (χ1) is 16.6. The number of benzene rings is 2. The van der Waals surface area contributed by atoms with E-state index in [0.29, 0.717) is 6.54 Å². The molecule has 34 heavy (non-hydrogen) atoms. The Morgan fingerprint density at radius 3 is 2.12 bits per heavy atom. The van der Waals surface area contributed by atoms with Gasteiger partial charge in [0.05, 0.1) is 34.5 Å². The zero-order valence-electron chi connectivity index (χ0n) is 20.3. The van der Waals surface area contributed by atoms with Gasteiger partial charge in [-0.2, -0.15) is 5.11 Å². The molecule has 1 aromatic heterocycles. The van der Waals surface area contributed by atoms with Gasteiger partial charge in [0.1, 0.15) is 6.54 Å². The predicted molar refractivity (Wildman–Crippen MR) is 137 cm³/mol. The largest absolute Gasteiger partial charge is 0.295 e. The van der Waals surface area contributed by atoms with Gasteiger partial charge in [-0.25, -0.2) is 9.97 Å². The Labute approximate surface area is 201 Å². The lowest BCUT2D eigenvalue weighted by atomic mass is 9.98. The van der Waals surface area contributed by atoms with E-state index in [1.165, 1.54) is 11.1 Å². The molecule has 0 saturated carbocycles. The predicted octanol–water partition coefficient (Wildman–Crippen LogP) is 6.34. The molecule has 2 aliphatic heterocycles. The summed E-state index contributed by atoms with van der Waals surface area (Å²) in [7, 11) is 0. The Morgan fingerprint density at radius 2 is 1.50 bits per heavy atom. The number of fused-ring (bicyclic) bond motifs is 1. The molecule has 3 aromatic rings. The topological polar surface area (TPSA) is 66.1 Å². The smallest absolute Gasteiger partial charge is 0.102 e. The second-order valence-corrected chi connectivity index (χ2v) is 9.46. The van der Waals surface area contributed by atoms with E-state index in [1.54, 1.807) is 0 Å². The third-order valence-electron chi connectivity index (χ3n) is 6.89. The number of rotatable bonds is 7. The summed E-state index contributed by atoms with van der Waals surface area (Å²) in [4.78, 5) is 13.1. The molecule has 6 heteroatoms. The number of unbranched alkanes of at least 4 members (excludes halogenated alkanes) is 1. The van der Waals surface area contributed by atoms with Crippen LogP contribution in [0, 0.1) is 13.8 Å². The van der Waals surface area contributed by atoms with Gasteiger partial charge in [0.15, 0.2) is 0 Å². The van der Waals surface area contributed by atoms with Crippen LogP contribution in [0.5, 0.6) is 0 Å². The maximum Gasteiger partial charge on any atom is 0.102 e. The van der Waals surface area contributed by atoms with Crippen LogP contribution in [-0.4, -0.2) is 40.2 Å². The Balaban J connectivity index is 1.41. The van der Waals surface area contributed by atoms with Crippen molar-refractivity contribution < 1.29 is 0 Å². The summed E-state index contributed by atoms with van der Waals surface area (Å²) in [5, 5.41) is 11.8. The van der Waals surface area contributed by atoms with Crippen LogP contribution >= 0.6 is 0 Å². The van der Waals surface area contributed by atoms with Crippen molar-refractivity contribution in [1.82, 2.24) is 14.9 Å². The average molecular weight is 453 g/mol. The van der Waals surface area contributed by atoms with Crippen LogP contribution in [0.2, 0.25) is 0 Å². The van der Waals surface area contributed by atoms with Crippen LogP contribution in [0.25, 0.3) is 22.5 Å². The maximum absolute atomic E-state index is 5.29. The molecule has 0 bridgehead atoms. The van der Waals surface area contributed by atoms with Gasteiger partial charge in [0.2, 0.25) is 0 Å². The van der Waals surface area contributed by atoms with Crippen molar-refractivity contribution >= 4 is 5.71 Å². The van der Waals surface area contributed by atoms with Crippen LogP contribution in [-0.2, 0) is 6.42 Å². The number of hydrogen-bond donors (Lipinski definition) is 0. The highest BCUT2D eigenvalue weighted by molar-refractivity contribution is 5.87. The lowest BCUT2D eigenvalue weighted by molar-refractivity contribution is 0.189. The SMILES string of the molecule is Cc1ccc(-c2nc3c(nc2-c2ccc(C)cc2)C(C)N(CCCCC2=NN=NC2)CC3)cc1. The molecular weight excluding hydrogens is 420 g/mol. The van der Waals surface area contributed by atoms with Gasteiger partial charge in [0, 0.05) is 24.1 Å². The van der Waals surface area contributed by atoms with E-state index in [1.807, 2.05) is 0 Å². The molecule has 0 N–H and O–H groups in total. The average Bonchev–Trinajstić information content (AvgIpc) is 3.37. The molecule has 0 saturated heterocycles. The minimum Gasteiger partial charge on any atom is -0.295 e. The Bertz CT molecular complexity index is 1210. The molecule has 0 spiro atoms. The summed E-state index contributed by atoms with van der Waals surface area (Å²) in [6, 6.07) is 17.5. The third-order valence-corrected chi connectivity index (χ3v) is 6.89. The molecule has 5 rings (SSSR count). The molecule has 6 nitrogen and oxygen atoms in total. The first kappa shape index (κ1) is 22.5. The van der Waals surface area contributed by atoms with E-state index >= 15 is 0 Å². The summed E-state index contributed by atoms with van der Waals surface area (Å²) in [6.07, 6.45) is 4.18. The number of aromatic nitrogens is 2. The molecule has 0 fully saturated rings. The molecule has 2 aliphatic rings. The van der Waals surface area contributed by atoms with Crippen molar-refractivity contribution in [3.63, 3.8) is 0 Å². The van der Waals surface area contributed by atoms with E-state index in [-0.39, 0.29) is 6.04 Å². The molecule has 1 atom stereocenters. The maximum atomic E-state index is 5.29. The molecule has 0 aliphatic carbocycles. The van der Waals surface area contributed by atoms with Crippen LogP contribution in [0.3, 0.4) is 0 Å². The van der Waals surface area contributed by atoms with E-state index in [9.17, 15) is 0 Å². The van der Waals surface area contributed by atoms with Gasteiger partial charge in [-0.3, -0.25) is 4.90 Å². The zero-order chi connectivity index (χ0) is 23.5. The summed E-state index contributed by atoms with van der Waals surface area (Å²) in [5.74, 6) is 0. The number of hydrogen-bond acceptors (Lipinski definition) is 6. The molecule has 0 amide bonds. The van der Waals surface area contributed by atoms with Gasteiger partial charge in [-0.1, -0.05) is 59.7 Å². The summed E-state index contributed by atoms with van der Waals surface area (Å²) in [6.45, 7) is 9.26. The van der Waals surface area contributed by atoms with E-state index in [4.69, 9.17) is 9.97 Å². The molecular formula is C28H32N6. The molecule has 2 aromatic carbocycles. The Morgan fingerprint density at radius 1 is 0.853 bits per heavy atom. The zero-order valence-corrected chi connectivity index (χ0v) is 20.3. The summed E-state index contributed by atoms with van der Waals surface area (Å²) < 4.78 is 0. The van der Waals surface area contributed by atoms with E-state index in [2.05, 4.69) is 89.6 Å². The third kappa shape index (κ3) is 4.82. The second kappa shape index (κ2) is 9.94. The first-order valence-electron chi connectivity index (χ1n) is 12.3. The Hall–Kier alpha value is -3.25. The monoisotopic (exact) mass is 452 g/mol. The summed E-state index contributed by atoms with van der Waals surface area (Å²) in [5.41, 5.74) is 10.1. The minimum atomic E-state index is 0.251. The van der Waals surface area contributed by atoms with Crippen LogP contribution in [0.15, 0.2) is 64.0 Å². The number of aryl methyl sites for hydroxylation is 2. The van der Waals surface area contributed by atoms with Gasteiger partial charge in [-0.15, -0.1) is 5.10 Å². The highest BCUT2D eigenvalue weighted by Crippen LogP contribution is 2.35. The fourth-order valence-electron chi connectivity index (χ4n) is 4.76. The van der Waals surface area contributed by atoms with E-state index < -0.39 is 0 Å². The number of nitrogens with zero attached hydrogens (tertiary/aromatic N) is 6. The van der Waals surface area contributed by atoms with Gasteiger partial charge in [0.25, 0.3) is 0 Å². The molecule has 0 radical (unpaired) electrons. The lowest BCUT2D eigenvalue weighted by Crippen LogP contribution is -2.36. The van der Waals surface area contributed by atoms with Crippen molar-refractivity contribution in [2.45, 2.75) is 52.5 Å². The van der Waals surface area contributed by atoms with Crippen molar-refractivity contribution in [2.75, 3.05) is 19.6 Å². The van der Waals surface area contributed by atoms with Gasteiger partial charge in [-0.05, 0) is 51.8 Å². The van der Waals surface area contributed by atoms with Crippen molar-refractivity contribution in [3.8, 4) is 22.5 Å². The van der Waals surface area contributed by atoms with E-state index in [0.717, 1.165) is 78.4 Å². The van der Waals surface area contributed by atoms with Crippen molar-refractivity contribution in [2.24, 2.45) is 15.4 Å². The normalized spacial score (nSPS) is 17.6. The molecule has 3 heterocycles. The lowest BCUT2D eigenvalue weighted by Gasteiger charge is -2.34. The van der Waals surface area contributed by atoms with Crippen LogP contribution in [0.4, 0.5) is 0 Å². The first-order valence-corrected chi connectivity index (χ1v) is 12.3. The van der Waals surface area contributed by atoms with Crippen molar-refractivity contribution in [1.29, 1.82) is 0 Å². The highest BCUT2D eigenvalue weighted by atomic mass is 15.4. The standard InChI is InChI=1S/C28H32N6/c1-19-7-11-22(12-8-19)27-28(23-13-9-20(2)10-14-23)31-26-21(3)34(17-15-25(26)30-27)16-5-4-6-24-18-29-33-32-24/h7-14,21H,4-6,15-18H2,1-3H3. The fourth-order valence-corrected chi connectivity index (χ4v) is 4.76. The Kier molecular flexibility index (Phi) is 6.59. The fraction of sp³-hybridized carbons (Fsp3) is 0.393. The molecule has 1 unspecified atom stereocenters. The molecule has 174 valence electrons. The second-order valence-electron chi connectivity index (χ2n) is 9.46. The van der Waals surface area contributed by atoms with Crippen LogP contribution in [0.1, 0.15) is 54.7 Å². The highest BCUT2D eigenvalue weighted by Gasteiger charge is 2.28. The van der Waals surface area contributed by atoms with Crippen molar-refractivity contribution in [3.05, 3.63) is 71.0 Å². The van der Waals surface area contributed by atoms with Gasteiger partial charge >= 0.3 is 0 Å². The summed E-state index contributed by atoms with van der Waals surface area (Å²) >= 11 is 0. The van der Waals surface area contributed by atoms with Crippen LogP contribution < -0.4 is 0 Å².